The van der Waals surface area contributed by atoms with E-state index in [4.69, 9.17) is 0 Å². The molecule has 0 atom stereocenters. The van der Waals surface area contributed by atoms with Gasteiger partial charge in [0, 0.05) is 7.26 Å². The largest absolute Gasteiger partial charge is 1.00 e. The minimum absolute atomic E-state index is 0. The van der Waals surface area contributed by atoms with Crippen LogP contribution in [0.3, 0.4) is 0 Å². The molecule has 0 nitrogen and oxygen atoms in total. The standard InChI is InChI=1S/C21H36P.BrH/c1-5-8-16-22(17-9-6-2,18-10-7-3)19-20(4)21-14-12-11-13-15-21;/h11-15,19H,5-10,16-18H2,1-4H3;1H/q+1;/p-1/b20-19+;. The van der Waals surface area contributed by atoms with Crippen molar-refractivity contribution in [2.45, 2.75) is 66.2 Å². The van der Waals surface area contributed by atoms with Crippen molar-refractivity contribution in [1.82, 2.24) is 0 Å². The number of rotatable bonds is 11. The van der Waals surface area contributed by atoms with Crippen molar-refractivity contribution in [3.8, 4) is 0 Å². The minimum Gasteiger partial charge on any atom is -1.00 e. The third-order valence-electron chi connectivity index (χ3n) is 4.57. The van der Waals surface area contributed by atoms with Gasteiger partial charge in [-0.25, -0.2) is 0 Å². The molecule has 0 aliphatic rings. The first kappa shape index (κ1) is 22.9. The summed E-state index contributed by atoms with van der Waals surface area (Å²) in [6.45, 7) is 9.33. The van der Waals surface area contributed by atoms with Gasteiger partial charge < -0.3 is 17.0 Å². The van der Waals surface area contributed by atoms with Crippen LogP contribution in [0, 0.1) is 0 Å². The SMILES string of the molecule is CCCC[P+](/C=C(\C)c1ccccc1)(CCCC)CCCC.[Br-]. The second kappa shape index (κ2) is 13.2. The summed E-state index contributed by atoms with van der Waals surface area (Å²) in [5.41, 5.74) is 2.92. The molecule has 0 saturated heterocycles. The van der Waals surface area contributed by atoms with Crippen molar-refractivity contribution < 1.29 is 17.0 Å². The molecule has 0 aromatic heterocycles. The van der Waals surface area contributed by atoms with Gasteiger partial charge in [-0.05, 0) is 37.3 Å². The van der Waals surface area contributed by atoms with E-state index < -0.39 is 7.26 Å². The minimum atomic E-state index is -0.929. The highest BCUT2D eigenvalue weighted by atomic mass is 79.9. The maximum absolute atomic E-state index is 2.74. The molecule has 132 valence electrons. The summed E-state index contributed by atoms with van der Waals surface area (Å²) >= 11 is 0. The average Bonchev–Trinajstić information content (AvgIpc) is 2.56. The number of halogens is 1. The van der Waals surface area contributed by atoms with Gasteiger partial charge in [0.05, 0.1) is 24.3 Å². The Labute approximate surface area is 156 Å². The van der Waals surface area contributed by atoms with Gasteiger partial charge in [-0.3, -0.25) is 0 Å². The summed E-state index contributed by atoms with van der Waals surface area (Å²) in [7, 11) is -0.929. The van der Waals surface area contributed by atoms with Gasteiger partial charge in [0.2, 0.25) is 0 Å². The Morgan fingerprint density at radius 2 is 1.26 bits per heavy atom. The van der Waals surface area contributed by atoms with Crippen LogP contribution in [-0.4, -0.2) is 18.5 Å². The first-order chi connectivity index (χ1) is 10.7. The lowest BCUT2D eigenvalue weighted by molar-refractivity contribution is -0.00000490. The Hall–Kier alpha value is -0.130. The second-order valence-corrected chi connectivity index (χ2v) is 10.7. The van der Waals surface area contributed by atoms with E-state index in [9.17, 15) is 0 Å². The quantitative estimate of drug-likeness (QED) is 0.482. The smallest absolute Gasteiger partial charge is 0.0635 e. The van der Waals surface area contributed by atoms with E-state index >= 15 is 0 Å². The van der Waals surface area contributed by atoms with Crippen molar-refractivity contribution in [1.29, 1.82) is 0 Å². The molecule has 0 fully saturated rings. The Balaban J connectivity index is 0.00000484. The Bertz CT molecular complexity index is 403. The molecule has 0 amide bonds. The molecule has 0 unspecified atom stereocenters. The summed E-state index contributed by atoms with van der Waals surface area (Å²) in [6.07, 6.45) is 12.6. The van der Waals surface area contributed by atoms with Gasteiger partial charge in [0.25, 0.3) is 0 Å². The maximum Gasteiger partial charge on any atom is 0.0635 e. The number of allylic oxidation sites excluding steroid dienone is 1. The van der Waals surface area contributed by atoms with Crippen LogP contribution in [0.1, 0.15) is 71.8 Å². The molecule has 0 radical (unpaired) electrons. The van der Waals surface area contributed by atoms with Crippen LogP contribution in [0.4, 0.5) is 0 Å². The number of benzene rings is 1. The van der Waals surface area contributed by atoms with E-state index in [-0.39, 0.29) is 17.0 Å². The Morgan fingerprint density at radius 1 is 0.826 bits per heavy atom. The average molecular weight is 399 g/mol. The van der Waals surface area contributed by atoms with E-state index in [2.05, 4.69) is 63.8 Å². The van der Waals surface area contributed by atoms with Gasteiger partial charge >= 0.3 is 0 Å². The lowest BCUT2D eigenvalue weighted by Crippen LogP contribution is -3.00. The molecular weight excluding hydrogens is 363 g/mol. The van der Waals surface area contributed by atoms with Crippen LogP contribution in [-0.2, 0) is 0 Å². The molecule has 0 aliphatic heterocycles. The summed E-state index contributed by atoms with van der Waals surface area (Å²) in [5.74, 6) is 2.74. The monoisotopic (exact) mass is 398 g/mol. The van der Waals surface area contributed by atoms with Crippen LogP contribution < -0.4 is 17.0 Å². The van der Waals surface area contributed by atoms with E-state index in [1.165, 1.54) is 68.1 Å². The molecule has 0 heterocycles. The zero-order valence-electron chi connectivity index (χ0n) is 15.7. The molecule has 0 saturated carbocycles. The summed E-state index contributed by atoms with van der Waals surface area (Å²) < 4.78 is 0. The third-order valence-corrected chi connectivity index (χ3v) is 9.12. The van der Waals surface area contributed by atoms with Crippen LogP contribution >= 0.6 is 7.26 Å². The van der Waals surface area contributed by atoms with Crippen molar-refractivity contribution in [3.05, 3.63) is 41.7 Å². The van der Waals surface area contributed by atoms with Crippen molar-refractivity contribution in [3.63, 3.8) is 0 Å². The maximum atomic E-state index is 2.74. The molecule has 0 aliphatic carbocycles. The molecule has 1 rings (SSSR count). The highest BCUT2D eigenvalue weighted by molar-refractivity contribution is 7.79. The van der Waals surface area contributed by atoms with Crippen molar-refractivity contribution in [2.75, 3.05) is 18.5 Å². The predicted molar refractivity (Wildman–Crippen MR) is 106 cm³/mol. The molecule has 23 heavy (non-hydrogen) atoms. The second-order valence-electron chi connectivity index (χ2n) is 6.63. The molecule has 1 aromatic rings. The molecule has 0 bridgehead atoms. The van der Waals surface area contributed by atoms with E-state index in [1.807, 2.05) is 0 Å². The molecule has 2 heteroatoms. The zero-order valence-corrected chi connectivity index (χ0v) is 18.1. The number of unbranched alkanes of at least 4 members (excludes halogenated alkanes) is 3. The van der Waals surface area contributed by atoms with Gasteiger partial charge in [0.15, 0.2) is 0 Å². The fourth-order valence-electron chi connectivity index (χ4n) is 3.13. The first-order valence-electron chi connectivity index (χ1n) is 9.28. The number of hydrogen-bond donors (Lipinski definition) is 0. The Kier molecular flexibility index (Phi) is 13.1. The fourth-order valence-corrected chi connectivity index (χ4v) is 8.00. The molecule has 0 spiro atoms. The summed E-state index contributed by atoms with van der Waals surface area (Å²) in [4.78, 5) is 0. The lowest BCUT2D eigenvalue weighted by Gasteiger charge is -2.25. The van der Waals surface area contributed by atoms with E-state index in [0.717, 1.165) is 0 Å². The van der Waals surface area contributed by atoms with Gasteiger partial charge in [0.1, 0.15) is 0 Å². The fraction of sp³-hybridized carbons (Fsp3) is 0.619. The topological polar surface area (TPSA) is 0 Å². The predicted octanol–water partition coefficient (Wildman–Crippen LogP) is 4.47. The van der Waals surface area contributed by atoms with Gasteiger partial charge in [-0.15, -0.1) is 0 Å². The number of hydrogen-bond acceptors (Lipinski definition) is 0. The van der Waals surface area contributed by atoms with Crippen LogP contribution in [0.25, 0.3) is 5.57 Å². The zero-order chi connectivity index (χ0) is 16.3. The molecule has 1 aromatic carbocycles. The van der Waals surface area contributed by atoms with Crippen molar-refractivity contribution >= 4 is 12.8 Å². The van der Waals surface area contributed by atoms with Crippen molar-refractivity contribution in [2.24, 2.45) is 0 Å². The lowest BCUT2D eigenvalue weighted by atomic mass is 10.1. The highest BCUT2D eigenvalue weighted by Gasteiger charge is 2.33. The van der Waals surface area contributed by atoms with Crippen LogP contribution in [0.5, 0.6) is 0 Å². The summed E-state index contributed by atoms with van der Waals surface area (Å²) in [5, 5.41) is 0. The summed E-state index contributed by atoms with van der Waals surface area (Å²) in [6, 6.07) is 11.0. The third kappa shape index (κ3) is 8.50. The Morgan fingerprint density at radius 3 is 1.65 bits per heavy atom. The molecule has 0 N–H and O–H groups in total. The van der Waals surface area contributed by atoms with Gasteiger partial charge in [-0.2, -0.15) is 0 Å². The van der Waals surface area contributed by atoms with Crippen LogP contribution in [0.2, 0.25) is 0 Å². The normalized spacial score (nSPS) is 12.1. The van der Waals surface area contributed by atoms with Crippen LogP contribution in [0.15, 0.2) is 36.1 Å². The first-order valence-corrected chi connectivity index (χ1v) is 11.7. The highest BCUT2D eigenvalue weighted by Crippen LogP contribution is 2.63. The van der Waals surface area contributed by atoms with E-state index in [0.29, 0.717) is 0 Å². The van der Waals surface area contributed by atoms with Gasteiger partial charge in [-0.1, -0.05) is 70.4 Å². The van der Waals surface area contributed by atoms with E-state index in [1.54, 1.807) is 0 Å². The molecular formula is C21H36BrP.